The van der Waals surface area contributed by atoms with Gasteiger partial charge in [0.2, 0.25) is 21.8 Å². The van der Waals surface area contributed by atoms with Crippen LogP contribution in [0.1, 0.15) is 97.8 Å². The van der Waals surface area contributed by atoms with Crippen molar-refractivity contribution in [2.45, 2.75) is 89.1 Å². The summed E-state index contributed by atoms with van der Waals surface area (Å²) < 4.78 is 26.5. The molecule has 1 aromatic carbocycles. The molecule has 0 saturated carbocycles. The molecule has 2 fully saturated rings. The van der Waals surface area contributed by atoms with Crippen molar-refractivity contribution in [1.82, 2.24) is 14.5 Å². The van der Waals surface area contributed by atoms with Crippen LogP contribution in [0, 0.1) is 0 Å². The predicted octanol–water partition coefficient (Wildman–Crippen LogP) is 2.37. The molecular weight excluding hydrogens is 534 g/mol. The lowest BCUT2D eigenvalue weighted by Crippen LogP contribution is -2.54. The molecule has 4 N–H and O–H groups in total. The molecule has 12 heteroatoms. The van der Waals surface area contributed by atoms with Crippen LogP contribution in [0.25, 0.3) is 0 Å². The summed E-state index contributed by atoms with van der Waals surface area (Å²) >= 11 is 0. The summed E-state index contributed by atoms with van der Waals surface area (Å²) in [5, 5.41) is 5.49. The van der Waals surface area contributed by atoms with E-state index < -0.39 is 39.7 Å². The number of nitrogens with two attached hydrogens (primary N) is 1. The zero-order chi connectivity index (χ0) is 28.7. The lowest BCUT2D eigenvalue weighted by atomic mass is 10.0. The maximum Gasteiger partial charge on any atom is 0.264 e. The fraction of sp³-hybridized carbons (Fsp3) is 0.643. The minimum atomic E-state index is -3.16. The number of imide groups is 2. The smallest absolute Gasteiger partial charge is 0.264 e. The van der Waals surface area contributed by atoms with Gasteiger partial charge in [0.1, 0.15) is 6.04 Å². The van der Waals surface area contributed by atoms with Crippen molar-refractivity contribution in [2.75, 3.05) is 30.7 Å². The van der Waals surface area contributed by atoms with Crippen LogP contribution in [0.5, 0.6) is 0 Å². The Labute approximate surface area is 236 Å². The molecule has 0 aromatic heterocycles. The van der Waals surface area contributed by atoms with Crippen LogP contribution in [0.4, 0.5) is 5.69 Å². The number of hydrogen-bond donors (Lipinski definition) is 3. The predicted molar refractivity (Wildman–Crippen MR) is 151 cm³/mol. The number of benzene rings is 1. The summed E-state index contributed by atoms with van der Waals surface area (Å²) in [4.78, 5) is 50.8. The van der Waals surface area contributed by atoms with E-state index in [-0.39, 0.29) is 35.8 Å². The molecule has 0 radical (unpaired) electrons. The normalized spacial score (nSPS) is 20.6. The minimum Gasteiger partial charge on any atom is -0.384 e. The van der Waals surface area contributed by atoms with E-state index in [0.717, 1.165) is 62.7 Å². The van der Waals surface area contributed by atoms with Crippen molar-refractivity contribution in [2.24, 2.45) is 5.73 Å². The Morgan fingerprint density at radius 1 is 0.875 bits per heavy atom. The van der Waals surface area contributed by atoms with Crippen molar-refractivity contribution in [3.8, 4) is 0 Å². The fourth-order valence-electron chi connectivity index (χ4n) is 5.64. The molecule has 0 bridgehead atoms. The van der Waals surface area contributed by atoms with Crippen molar-refractivity contribution in [3.05, 3.63) is 29.3 Å². The monoisotopic (exact) mass is 575 g/mol. The van der Waals surface area contributed by atoms with Gasteiger partial charge in [0.05, 0.1) is 16.9 Å². The first-order chi connectivity index (χ1) is 19.2. The highest BCUT2D eigenvalue weighted by molar-refractivity contribution is 7.89. The van der Waals surface area contributed by atoms with Gasteiger partial charge in [0.25, 0.3) is 11.8 Å². The van der Waals surface area contributed by atoms with Crippen molar-refractivity contribution in [1.29, 1.82) is 0 Å². The lowest BCUT2D eigenvalue weighted by molar-refractivity contribution is -0.136. The van der Waals surface area contributed by atoms with E-state index in [2.05, 4.69) is 10.6 Å². The number of amides is 4. The number of nitrogens with zero attached hydrogens (tertiary/aromatic N) is 2. The van der Waals surface area contributed by atoms with Crippen LogP contribution in [0.15, 0.2) is 18.2 Å². The summed E-state index contributed by atoms with van der Waals surface area (Å²) in [5.74, 6) is -1.81. The number of unbranched alkanes of at least 4 members (excludes halogenated alkanes) is 7. The first kappa shape index (κ1) is 30.1. The zero-order valence-corrected chi connectivity index (χ0v) is 23.8. The number of nitrogens with one attached hydrogen (secondary N) is 2. The Bertz CT molecular complexity index is 1210. The van der Waals surface area contributed by atoms with Gasteiger partial charge in [0, 0.05) is 37.8 Å². The number of fused-ring (bicyclic) bond motifs is 1. The van der Waals surface area contributed by atoms with E-state index in [1.54, 1.807) is 22.5 Å². The zero-order valence-electron chi connectivity index (χ0n) is 23.0. The number of anilines is 1. The average molecular weight is 576 g/mol. The molecule has 220 valence electrons. The van der Waals surface area contributed by atoms with Gasteiger partial charge in [-0.2, -0.15) is 0 Å². The van der Waals surface area contributed by atoms with Crippen LogP contribution in [-0.4, -0.2) is 78.7 Å². The van der Waals surface area contributed by atoms with Gasteiger partial charge >= 0.3 is 0 Å². The second kappa shape index (κ2) is 13.7. The van der Waals surface area contributed by atoms with E-state index in [1.165, 1.54) is 0 Å². The third kappa shape index (κ3) is 7.27. The summed E-state index contributed by atoms with van der Waals surface area (Å²) in [6, 6.07) is 4.21. The van der Waals surface area contributed by atoms with Crippen LogP contribution in [0.2, 0.25) is 0 Å². The second-order valence-electron chi connectivity index (χ2n) is 11.0. The topological polar surface area (TPSA) is 159 Å². The van der Waals surface area contributed by atoms with Crippen molar-refractivity contribution < 1.29 is 27.6 Å². The number of hydrogen-bond acceptors (Lipinski definition) is 8. The van der Waals surface area contributed by atoms with Crippen LogP contribution in [0.3, 0.4) is 0 Å². The molecule has 2 saturated heterocycles. The number of sulfonamides is 1. The van der Waals surface area contributed by atoms with Gasteiger partial charge in [-0.25, -0.2) is 12.7 Å². The van der Waals surface area contributed by atoms with Crippen LogP contribution >= 0.6 is 0 Å². The maximum absolute atomic E-state index is 13.1. The number of carbonyl (C=O) groups is 4. The molecule has 4 amide bonds. The van der Waals surface area contributed by atoms with E-state index in [1.807, 2.05) is 0 Å². The van der Waals surface area contributed by atoms with Gasteiger partial charge in [-0.3, -0.25) is 29.4 Å². The first-order valence-corrected chi connectivity index (χ1v) is 16.1. The highest BCUT2D eigenvalue weighted by atomic mass is 32.2. The van der Waals surface area contributed by atoms with Gasteiger partial charge in [-0.15, -0.1) is 0 Å². The first-order valence-electron chi connectivity index (χ1n) is 14.5. The second-order valence-corrected chi connectivity index (χ2v) is 13.1. The Morgan fingerprint density at radius 3 is 2.20 bits per heavy atom. The van der Waals surface area contributed by atoms with Gasteiger partial charge in [-0.05, 0) is 44.2 Å². The lowest BCUT2D eigenvalue weighted by Gasteiger charge is -2.29. The molecule has 0 aliphatic carbocycles. The molecule has 1 atom stereocenters. The molecule has 1 aromatic rings. The van der Waals surface area contributed by atoms with E-state index in [0.29, 0.717) is 31.7 Å². The summed E-state index contributed by atoms with van der Waals surface area (Å²) in [6.45, 7) is 1.73. The summed E-state index contributed by atoms with van der Waals surface area (Å²) in [7, 11) is -3.16. The maximum atomic E-state index is 13.1. The number of rotatable bonds is 14. The third-order valence-corrected chi connectivity index (χ3v) is 9.96. The third-order valence-electron chi connectivity index (χ3n) is 8.00. The number of carbonyl (C=O) groups excluding carboxylic acids is 4. The van der Waals surface area contributed by atoms with E-state index >= 15 is 0 Å². The summed E-state index contributed by atoms with van der Waals surface area (Å²) in [6.07, 6.45) is 9.48. The quantitative estimate of drug-likeness (QED) is 0.225. The Balaban J connectivity index is 1.11. The molecule has 40 heavy (non-hydrogen) atoms. The Morgan fingerprint density at radius 2 is 1.52 bits per heavy atom. The molecule has 3 heterocycles. The van der Waals surface area contributed by atoms with Gasteiger partial charge in [-0.1, -0.05) is 44.6 Å². The fourth-order valence-corrected chi connectivity index (χ4v) is 7.23. The van der Waals surface area contributed by atoms with Crippen molar-refractivity contribution in [3.63, 3.8) is 0 Å². The van der Waals surface area contributed by atoms with Crippen molar-refractivity contribution >= 4 is 39.3 Å². The molecular formula is C28H41N5O6S. The largest absolute Gasteiger partial charge is 0.384 e. The molecule has 1 unspecified atom stereocenters. The Hall–Kier alpha value is -2.83. The number of piperidine rings is 2. The molecule has 3 aliphatic rings. The molecule has 4 rings (SSSR count). The highest BCUT2D eigenvalue weighted by Gasteiger charge is 2.45. The molecule has 0 spiro atoms. The minimum absolute atomic E-state index is 0.0888. The van der Waals surface area contributed by atoms with Gasteiger partial charge < -0.3 is 11.1 Å². The van der Waals surface area contributed by atoms with E-state index in [4.69, 9.17) is 5.73 Å². The molecule has 3 aliphatic heterocycles. The van der Waals surface area contributed by atoms with Gasteiger partial charge in [0.15, 0.2) is 0 Å². The van der Waals surface area contributed by atoms with E-state index in [9.17, 15) is 27.6 Å². The SMILES string of the molecule is NC1CCN(S(=O)(=O)CCCCCCCCCCNc2cccc3c2C(=O)N(C2CCC(=O)NC2=O)C3=O)CC1. The average Bonchev–Trinajstić information content (AvgIpc) is 3.17. The molecule has 11 nitrogen and oxygen atoms in total. The standard InChI is InChI=1S/C28H41N5O6S/c29-20-14-17-32(18-15-20)40(38,39)19-8-6-4-2-1-3-5-7-16-30-22-11-9-10-21-25(22)28(37)33(27(21)36)23-12-13-24(34)31-26(23)35/h9-11,20,23,30H,1-8,12-19,29H2,(H,31,34,35). The highest BCUT2D eigenvalue weighted by Crippen LogP contribution is 2.32. The van der Waals surface area contributed by atoms with Crippen LogP contribution in [-0.2, 0) is 19.6 Å². The Kier molecular flexibility index (Phi) is 10.3. The summed E-state index contributed by atoms with van der Waals surface area (Å²) in [5.41, 5.74) is 7.00. The van der Waals surface area contributed by atoms with Crippen LogP contribution < -0.4 is 16.4 Å².